The zero-order valence-corrected chi connectivity index (χ0v) is 20.0. The number of carbonyl (C=O) groups excluding carboxylic acids is 1. The van der Waals surface area contributed by atoms with Crippen molar-refractivity contribution in [2.24, 2.45) is 0 Å². The van der Waals surface area contributed by atoms with Crippen molar-refractivity contribution >= 4 is 11.7 Å². The topological polar surface area (TPSA) is 63.2 Å². The molecule has 4 aromatic rings. The Bertz CT molecular complexity index is 1410. The van der Waals surface area contributed by atoms with Gasteiger partial charge in [-0.2, -0.15) is 13.2 Å². The Morgan fingerprint density at radius 2 is 1.58 bits per heavy atom. The van der Waals surface area contributed by atoms with Crippen LogP contribution in [0, 0.1) is 11.6 Å². The Morgan fingerprint density at radius 3 is 2.21 bits per heavy atom. The number of ether oxygens (including phenoxy) is 1. The van der Waals surface area contributed by atoms with Gasteiger partial charge in [-0.25, -0.2) is 18.6 Å². The van der Waals surface area contributed by atoms with Crippen LogP contribution >= 0.6 is 0 Å². The number of hydrogen-bond donors (Lipinski definition) is 2. The Labute approximate surface area is 215 Å². The Kier molecular flexibility index (Phi) is 7.61. The number of aromatic nitrogens is 1. The molecule has 3 aromatic carbocycles. The summed E-state index contributed by atoms with van der Waals surface area (Å²) < 4.78 is 74.7. The summed E-state index contributed by atoms with van der Waals surface area (Å²) in [7, 11) is 1.39. The fourth-order valence-electron chi connectivity index (χ4n) is 4.14. The highest BCUT2D eigenvalue weighted by Gasteiger charge is 2.40. The number of benzene rings is 3. The van der Waals surface area contributed by atoms with Gasteiger partial charge in [0.2, 0.25) is 5.88 Å². The minimum atomic E-state index is -4.85. The minimum absolute atomic E-state index is 0.0703. The van der Waals surface area contributed by atoms with Crippen LogP contribution in [-0.2, 0) is 18.1 Å². The van der Waals surface area contributed by atoms with Crippen LogP contribution in [0.3, 0.4) is 0 Å². The van der Waals surface area contributed by atoms with Crippen molar-refractivity contribution in [2.45, 2.75) is 18.1 Å². The highest BCUT2D eigenvalue weighted by atomic mass is 19.4. The monoisotopic (exact) mass is 527 g/mol. The third-order valence-corrected chi connectivity index (χ3v) is 5.88. The van der Waals surface area contributed by atoms with Gasteiger partial charge < -0.3 is 15.4 Å². The number of anilines is 1. The maximum absolute atomic E-state index is 14.7. The van der Waals surface area contributed by atoms with Gasteiger partial charge >= 0.3 is 12.2 Å². The Morgan fingerprint density at radius 1 is 0.842 bits per heavy atom. The molecule has 10 heteroatoms. The smallest absolute Gasteiger partial charge is 0.416 e. The second kappa shape index (κ2) is 10.9. The van der Waals surface area contributed by atoms with E-state index in [1.165, 1.54) is 43.6 Å². The molecule has 5 nitrogen and oxygen atoms in total. The SMILES string of the molecule is COc1ccc(C(Cc2ccccc2)(NC(=O)Nc2cccc(F)c2)c2cc(F)cc(C(F)(F)F)c2)cn1. The van der Waals surface area contributed by atoms with Crippen molar-refractivity contribution in [3.05, 3.63) is 125 Å². The van der Waals surface area contributed by atoms with Crippen LogP contribution in [0.15, 0.2) is 91.1 Å². The molecular formula is C28H22F5N3O2. The fourth-order valence-corrected chi connectivity index (χ4v) is 4.14. The molecule has 1 atom stereocenters. The van der Waals surface area contributed by atoms with Crippen LogP contribution in [0.4, 0.5) is 32.4 Å². The predicted octanol–water partition coefficient (Wildman–Crippen LogP) is 6.70. The van der Waals surface area contributed by atoms with Gasteiger partial charge in [0.05, 0.1) is 18.2 Å². The maximum atomic E-state index is 14.7. The first-order valence-electron chi connectivity index (χ1n) is 11.4. The maximum Gasteiger partial charge on any atom is 0.416 e. The number of hydrogen-bond acceptors (Lipinski definition) is 3. The molecule has 1 unspecified atom stereocenters. The van der Waals surface area contributed by atoms with Gasteiger partial charge in [-0.1, -0.05) is 36.4 Å². The lowest BCUT2D eigenvalue weighted by Crippen LogP contribution is -2.50. The van der Waals surface area contributed by atoms with E-state index in [0.29, 0.717) is 11.6 Å². The van der Waals surface area contributed by atoms with Gasteiger partial charge in [0.15, 0.2) is 0 Å². The summed E-state index contributed by atoms with van der Waals surface area (Å²) in [5, 5.41) is 5.23. The molecule has 0 bridgehead atoms. The zero-order chi connectivity index (χ0) is 27.3. The molecule has 196 valence electrons. The number of pyridine rings is 1. The number of alkyl halides is 3. The van der Waals surface area contributed by atoms with Gasteiger partial charge in [0.25, 0.3) is 0 Å². The van der Waals surface area contributed by atoms with Crippen molar-refractivity contribution in [1.29, 1.82) is 0 Å². The van der Waals surface area contributed by atoms with E-state index in [2.05, 4.69) is 15.6 Å². The fraction of sp³-hybridized carbons (Fsp3) is 0.143. The highest BCUT2D eigenvalue weighted by Crippen LogP contribution is 2.38. The summed E-state index contributed by atoms with van der Waals surface area (Å²) in [6.07, 6.45) is -3.58. The lowest BCUT2D eigenvalue weighted by Gasteiger charge is -2.36. The van der Waals surface area contributed by atoms with E-state index in [0.717, 1.165) is 18.2 Å². The molecule has 1 heterocycles. The van der Waals surface area contributed by atoms with E-state index < -0.39 is 34.9 Å². The first-order valence-corrected chi connectivity index (χ1v) is 11.4. The summed E-state index contributed by atoms with van der Waals surface area (Å²) in [6, 6.07) is 18.0. The number of urea groups is 1. The number of amides is 2. The minimum Gasteiger partial charge on any atom is -0.481 e. The Hall–Kier alpha value is -4.47. The number of rotatable bonds is 7. The quantitative estimate of drug-likeness (QED) is 0.263. The van der Waals surface area contributed by atoms with Crippen molar-refractivity contribution in [3.63, 3.8) is 0 Å². The standard InChI is InChI=1S/C28H22F5N3O2/c1-38-25-11-10-19(17-34-25)27(16-18-6-3-2-4-7-18,20-12-21(28(31,32)33)14-23(30)13-20)36-26(37)35-24-9-5-8-22(29)15-24/h2-15,17H,16H2,1H3,(H2,35,36,37). The van der Waals surface area contributed by atoms with Crippen molar-refractivity contribution in [1.82, 2.24) is 10.3 Å². The lowest BCUT2D eigenvalue weighted by atomic mass is 9.78. The van der Waals surface area contributed by atoms with Crippen LogP contribution in [-0.4, -0.2) is 18.1 Å². The summed E-state index contributed by atoms with van der Waals surface area (Å²) in [5.74, 6) is -1.51. The van der Waals surface area contributed by atoms with Crippen LogP contribution in [0.5, 0.6) is 5.88 Å². The van der Waals surface area contributed by atoms with Crippen LogP contribution in [0.2, 0.25) is 0 Å². The van der Waals surface area contributed by atoms with Gasteiger partial charge in [0, 0.05) is 29.9 Å². The summed E-state index contributed by atoms with van der Waals surface area (Å²) >= 11 is 0. The molecule has 0 saturated heterocycles. The van der Waals surface area contributed by atoms with E-state index in [1.54, 1.807) is 30.3 Å². The van der Waals surface area contributed by atoms with Crippen molar-refractivity contribution < 1.29 is 31.5 Å². The highest BCUT2D eigenvalue weighted by molar-refractivity contribution is 5.90. The first kappa shape index (κ1) is 26.6. The van der Waals surface area contributed by atoms with Crippen LogP contribution < -0.4 is 15.4 Å². The molecule has 0 aliphatic carbocycles. The largest absolute Gasteiger partial charge is 0.481 e. The zero-order valence-electron chi connectivity index (χ0n) is 20.0. The molecule has 0 fully saturated rings. The van der Waals surface area contributed by atoms with Crippen molar-refractivity contribution in [2.75, 3.05) is 12.4 Å². The van der Waals surface area contributed by atoms with Gasteiger partial charge in [0.1, 0.15) is 11.6 Å². The molecule has 2 amide bonds. The summed E-state index contributed by atoms with van der Waals surface area (Å²) in [4.78, 5) is 17.4. The number of methoxy groups -OCH3 is 1. The van der Waals surface area contributed by atoms with Gasteiger partial charge in [-0.3, -0.25) is 0 Å². The molecule has 0 saturated carbocycles. The van der Waals surface area contributed by atoms with E-state index in [1.807, 2.05) is 0 Å². The third kappa shape index (κ3) is 6.08. The molecular weight excluding hydrogens is 505 g/mol. The van der Waals surface area contributed by atoms with E-state index in [9.17, 15) is 26.7 Å². The van der Waals surface area contributed by atoms with Crippen molar-refractivity contribution in [3.8, 4) is 5.88 Å². The number of nitrogens with zero attached hydrogens (tertiary/aromatic N) is 1. The average Bonchev–Trinajstić information content (AvgIpc) is 2.88. The molecule has 0 radical (unpaired) electrons. The molecule has 0 aliphatic heterocycles. The molecule has 1 aromatic heterocycles. The van der Waals surface area contributed by atoms with Crippen LogP contribution in [0.25, 0.3) is 0 Å². The first-order chi connectivity index (χ1) is 18.1. The van der Waals surface area contributed by atoms with Gasteiger partial charge in [-0.15, -0.1) is 0 Å². The third-order valence-electron chi connectivity index (χ3n) is 5.88. The average molecular weight is 527 g/mol. The van der Waals surface area contributed by atoms with E-state index in [4.69, 9.17) is 4.74 Å². The normalized spacial score (nSPS) is 12.9. The van der Waals surface area contributed by atoms with E-state index >= 15 is 0 Å². The number of nitrogens with one attached hydrogen (secondary N) is 2. The second-order valence-corrected chi connectivity index (χ2v) is 8.47. The predicted molar refractivity (Wildman–Crippen MR) is 132 cm³/mol. The molecule has 0 spiro atoms. The van der Waals surface area contributed by atoms with Crippen LogP contribution in [0.1, 0.15) is 22.3 Å². The van der Waals surface area contributed by atoms with E-state index in [-0.39, 0.29) is 29.1 Å². The summed E-state index contributed by atoms with van der Waals surface area (Å²) in [6.45, 7) is 0. The molecule has 2 N–H and O–H groups in total. The number of carbonyl (C=O) groups is 1. The molecule has 4 rings (SSSR count). The molecule has 38 heavy (non-hydrogen) atoms. The summed E-state index contributed by atoms with van der Waals surface area (Å²) in [5.41, 5.74) is -2.13. The second-order valence-electron chi connectivity index (χ2n) is 8.47. The van der Waals surface area contributed by atoms with Gasteiger partial charge in [-0.05, 0) is 53.6 Å². The lowest BCUT2D eigenvalue weighted by molar-refractivity contribution is -0.137. The number of halogens is 5. The Balaban J connectivity index is 1.91. The molecule has 0 aliphatic rings.